The summed E-state index contributed by atoms with van der Waals surface area (Å²) < 4.78 is 4.81. The molecule has 0 spiro atoms. The number of carboxylic acid groups (broad SMARTS) is 1. The van der Waals surface area contributed by atoms with E-state index in [0.29, 0.717) is 0 Å². The Labute approximate surface area is 121 Å². The van der Waals surface area contributed by atoms with Gasteiger partial charge in [0.05, 0.1) is 28.8 Å². The van der Waals surface area contributed by atoms with Crippen LogP contribution in [0.4, 0.5) is 0 Å². The van der Waals surface area contributed by atoms with Crippen LogP contribution in [0.5, 0.6) is 0 Å². The van der Waals surface area contributed by atoms with E-state index in [9.17, 15) is 9.59 Å². The van der Waals surface area contributed by atoms with E-state index in [0.717, 1.165) is 0 Å². The summed E-state index contributed by atoms with van der Waals surface area (Å²) >= 11 is 5.97. The predicted octanol–water partition coefficient (Wildman–Crippen LogP) is 2.39. The molecule has 1 aromatic heterocycles. The van der Waals surface area contributed by atoms with Crippen LogP contribution in [0, 0.1) is 11.3 Å². The minimum absolute atomic E-state index is 0.0142. The van der Waals surface area contributed by atoms with Gasteiger partial charge in [-0.3, -0.25) is 9.78 Å². The fourth-order valence-electron chi connectivity index (χ4n) is 1.48. The topological polar surface area (TPSA) is 100 Å². The van der Waals surface area contributed by atoms with E-state index in [1.165, 1.54) is 19.2 Å². The fourth-order valence-corrected chi connectivity index (χ4v) is 1.76. The molecule has 1 unspecified atom stereocenters. The highest BCUT2D eigenvalue weighted by molar-refractivity contribution is 6.34. The SMILES string of the molecule is CCOC(=O)c1cnc(C(=N)CC(C)C(=O)O)c(Cl)c1. The lowest BCUT2D eigenvalue weighted by atomic mass is 10.0. The van der Waals surface area contributed by atoms with Crippen LogP contribution in [0.2, 0.25) is 5.02 Å². The van der Waals surface area contributed by atoms with Crippen molar-refractivity contribution in [1.82, 2.24) is 4.98 Å². The monoisotopic (exact) mass is 298 g/mol. The lowest BCUT2D eigenvalue weighted by Gasteiger charge is -2.09. The number of carbonyl (C=O) groups is 2. The van der Waals surface area contributed by atoms with Crippen LogP contribution in [0.3, 0.4) is 0 Å². The number of nitrogens with one attached hydrogen (secondary N) is 1. The van der Waals surface area contributed by atoms with E-state index in [1.807, 2.05) is 0 Å². The second kappa shape index (κ2) is 7.00. The summed E-state index contributed by atoms with van der Waals surface area (Å²) in [7, 11) is 0. The van der Waals surface area contributed by atoms with Crippen LogP contribution in [0.15, 0.2) is 12.3 Å². The molecule has 6 nitrogen and oxygen atoms in total. The molecule has 1 atom stereocenters. The number of nitrogens with zero attached hydrogens (tertiary/aromatic N) is 1. The van der Waals surface area contributed by atoms with Crippen LogP contribution < -0.4 is 0 Å². The molecule has 7 heteroatoms. The fraction of sp³-hybridized carbons (Fsp3) is 0.385. The third kappa shape index (κ3) is 4.03. The summed E-state index contributed by atoms with van der Waals surface area (Å²) in [6.45, 7) is 3.42. The molecule has 0 saturated heterocycles. The number of hydrogen-bond donors (Lipinski definition) is 2. The smallest absolute Gasteiger partial charge is 0.339 e. The lowest BCUT2D eigenvalue weighted by molar-refractivity contribution is -0.140. The summed E-state index contributed by atoms with van der Waals surface area (Å²) in [5, 5.41) is 16.8. The number of aliphatic carboxylic acids is 1. The molecule has 0 amide bonds. The molecule has 0 aliphatic carbocycles. The Bertz CT molecular complexity index is 545. The van der Waals surface area contributed by atoms with E-state index >= 15 is 0 Å². The van der Waals surface area contributed by atoms with E-state index in [1.54, 1.807) is 6.92 Å². The van der Waals surface area contributed by atoms with Crippen LogP contribution in [0.1, 0.15) is 36.3 Å². The number of esters is 1. The maximum Gasteiger partial charge on any atom is 0.339 e. The summed E-state index contributed by atoms with van der Waals surface area (Å²) in [5.74, 6) is -2.24. The molecule has 0 fully saturated rings. The number of rotatable bonds is 6. The molecular weight excluding hydrogens is 284 g/mol. The van der Waals surface area contributed by atoms with E-state index in [2.05, 4.69) is 4.98 Å². The van der Waals surface area contributed by atoms with Gasteiger partial charge in [-0.1, -0.05) is 18.5 Å². The van der Waals surface area contributed by atoms with E-state index < -0.39 is 17.9 Å². The van der Waals surface area contributed by atoms with Crippen molar-refractivity contribution in [2.75, 3.05) is 6.61 Å². The van der Waals surface area contributed by atoms with Gasteiger partial charge in [0.25, 0.3) is 0 Å². The lowest BCUT2D eigenvalue weighted by Crippen LogP contribution is -2.16. The molecule has 2 N–H and O–H groups in total. The Hall–Kier alpha value is -1.95. The van der Waals surface area contributed by atoms with Crippen molar-refractivity contribution in [3.63, 3.8) is 0 Å². The Morgan fingerprint density at radius 3 is 2.70 bits per heavy atom. The summed E-state index contributed by atoms with van der Waals surface area (Å²) in [6, 6.07) is 1.36. The zero-order valence-corrected chi connectivity index (χ0v) is 11.9. The Kier molecular flexibility index (Phi) is 5.64. The number of hydrogen-bond acceptors (Lipinski definition) is 5. The average Bonchev–Trinajstić information content (AvgIpc) is 2.38. The van der Waals surface area contributed by atoms with E-state index in [-0.39, 0.29) is 35.0 Å². The van der Waals surface area contributed by atoms with Crippen LogP contribution in [-0.2, 0) is 9.53 Å². The molecule has 108 valence electrons. The van der Waals surface area contributed by atoms with Crippen molar-refractivity contribution in [2.45, 2.75) is 20.3 Å². The van der Waals surface area contributed by atoms with Crippen molar-refractivity contribution in [3.05, 3.63) is 28.5 Å². The standard InChI is InChI=1S/C13H15ClN2O4/c1-3-20-13(19)8-5-9(14)11(16-6-8)10(15)4-7(2)12(17)18/h5-7,15H,3-4H2,1-2H3,(H,17,18). The quantitative estimate of drug-likeness (QED) is 0.620. The largest absolute Gasteiger partial charge is 0.481 e. The average molecular weight is 299 g/mol. The zero-order valence-electron chi connectivity index (χ0n) is 11.1. The van der Waals surface area contributed by atoms with Crippen LogP contribution in [0.25, 0.3) is 0 Å². The maximum atomic E-state index is 11.5. The molecule has 0 saturated carbocycles. The van der Waals surface area contributed by atoms with Gasteiger partial charge in [-0.25, -0.2) is 4.79 Å². The summed E-state index contributed by atoms with van der Waals surface area (Å²) in [5.41, 5.74) is 0.382. The molecular formula is C13H15ClN2O4. The third-order valence-electron chi connectivity index (χ3n) is 2.57. The molecule has 1 rings (SSSR count). The molecule has 0 radical (unpaired) electrons. The predicted molar refractivity (Wildman–Crippen MR) is 73.4 cm³/mol. The summed E-state index contributed by atoms with van der Waals surface area (Å²) in [6.07, 6.45) is 1.28. The highest BCUT2D eigenvalue weighted by atomic mass is 35.5. The van der Waals surface area contributed by atoms with Crippen molar-refractivity contribution >= 4 is 29.3 Å². The van der Waals surface area contributed by atoms with Crippen molar-refractivity contribution < 1.29 is 19.4 Å². The number of aromatic nitrogens is 1. The second-order valence-corrected chi connectivity index (χ2v) is 4.60. The number of ether oxygens (including phenoxy) is 1. The maximum absolute atomic E-state index is 11.5. The first-order chi connectivity index (χ1) is 9.36. The molecule has 0 bridgehead atoms. The van der Waals surface area contributed by atoms with Crippen molar-refractivity contribution in [3.8, 4) is 0 Å². The van der Waals surface area contributed by atoms with E-state index in [4.69, 9.17) is 26.9 Å². The molecule has 0 aromatic carbocycles. The molecule has 1 heterocycles. The van der Waals surface area contributed by atoms with Gasteiger partial charge in [0, 0.05) is 12.6 Å². The normalized spacial score (nSPS) is 11.8. The van der Waals surface area contributed by atoms with Crippen LogP contribution >= 0.6 is 11.6 Å². The van der Waals surface area contributed by atoms with Gasteiger partial charge in [-0.05, 0) is 13.0 Å². The minimum Gasteiger partial charge on any atom is -0.481 e. The zero-order chi connectivity index (χ0) is 15.3. The number of pyridine rings is 1. The van der Waals surface area contributed by atoms with Gasteiger partial charge in [0.15, 0.2) is 0 Å². The van der Waals surface area contributed by atoms with Gasteiger partial charge in [-0.15, -0.1) is 0 Å². The molecule has 1 aromatic rings. The first-order valence-electron chi connectivity index (χ1n) is 6.00. The summed E-state index contributed by atoms with van der Waals surface area (Å²) in [4.78, 5) is 26.2. The molecule has 0 aliphatic heterocycles. The second-order valence-electron chi connectivity index (χ2n) is 4.20. The van der Waals surface area contributed by atoms with Crippen molar-refractivity contribution in [1.29, 1.82) is 5.41 Å². The van der Waals surface area contributed by atoms with Crippen LogP contribution in [-0.4, -0.2) is 34.3 Å². The Morgan fingerprint density at radius 2 is 2.20 bits per heavy atom. The number of carbonyl (C=O) groups excluding carboxylic acids is 1. The van der Waals surface area contributed by atoms with Gasteiger partial charge < -0.3 is 15.3 Å². The number of carboxylic acids is 1. The molecule has 0 aliphatic rings. The highest BCUT2D eigenvalue weighted by Crippen LogP contribution is 2.19. The number of halogens is 1. The van der Waals surface area contributed by atoms with Crippen molar-refractivity contribution in [2.24, 2.45) is 5.92 Å². The first kappa shape index (κ1) is 16.1. The Morgan fingerprint density at radius 1 is 1.55 bits per heavy atom. The van der Waals surface area contributed by atoms with Gasteiger partial charge in [0.1, 0.15) is 5.69 Å². The van der Waals surface area contributed by atoms with Gasteiger partial charge in [0.2, 0.25) is 0 Å². The Balaban J connectivity index is 2.90. The molecule has 20 heavy (non-hydrogen) atoms. The van der Waals surface area contributed by atoms with Gasteiger partial charge in [-0.2, -0.15) is 0 Å². The van der Waals surface area contributed by atoms with Gasteiger partial charge >= 0.3 is 11.9 Å². The first-order valence-corrected chi connectivity index (χ1v) is 6.37. The third-order valence-corrected chi connectivity index (χ3v) is 2.86. The minimum atomic E-state index is -0.992. The highest BCUT2D eigenvalue weighted by Gasteiger charge is 2.18.